The molecule has 0 aromatic heterocycles. The zero-order valence-corrected chi connectivity index (χ0v) is 12.1. The number of nitrogens with one attached hydrogen (secondary N) is 2. The zero-order valence-electron chi connectivity index (χ0n) is 12.1. The molecule has 2 aromatic rings. The highest BCUT2D eigenvalue weighted by molar-refractivity contribution is 5.69. The lowest BCUT2D eigenvalue weighted by atomic mass is 10.1. The molecule has 0 radical (unpaired) electrons. The van der Waals surface area contributed by atoms with Gasteiger partial charge in [0.2, 0.25) is 0 Å². The fourth-order valence-electron chi connectivity index (χ4n) is 2.44. The normalized spacial score (nSPS) is 14.0. The van der Waals surface area contributed by atoms with Crippen LogP contribution in [0.5, 0.6) is 0 Å². The van der Waals surface area contributed by atoms with E-state index in [-0.39, 0.29) is 5.69 Å². The number of benzene rings is 2. The number of nitro benzene ring substituents is 1. The smallest absolute Gasteiger partial charge is 0.269 e. The standard InChI is InChI=1S/C16H16N4O2/c1-12-16(13-5-3-2-4-6-13)19(11-17-12)18-14-7-9-15(10-8-14)20(21)22/h2-10,17-18H,11H2,1H3. The Labute approximate surface area is 128 Å². The summed E-state index contributed by atoms with van der Waals surface area (Å²) in [6.45, 7) is 2.66. The van der Waals surface area contributed by atoms with E-state index < -0.39 is 4.92 Å². The number of non-ortho nitro benzene ring substituents is 1. The van der Waals surface area contributed by atoms with Crippen LogP contribution in [0.2, 0.25) is 0 Å². The van der Waals surface area contributed by atoms with E-state index in [0.717, 1.165) is 22.6 Å². The molecule has 6 nitrogen and oxygen atoms in total. The summed E-state index contributed by atoms with van der Waals surface area (Å²) in [5.41, 5.74) is 7.42. The molecule has 0 atom stereocenters. The van der Waals surface area contributed by atoms with Gasteiger partial charge >= 0.3 is 0 Å². The van der Waals surface area contributed by atoms with E-state index in [1.54, 1.807) is 12.1 Å². The molecule has 6 heteroatoms. The van der Waals surface area contributed by atoms with Crippen LogP contribution in [0.25, 0.3) is 5.70 Å². The molecule has 0 aliphatic carbocycles. The summed E-state index contributed by atoms with van der Waals surface area (Å²) in [6, 6.07) is 16.5. The van der Waals surface area contributed by atoms with Crippen molar-refractivity contribution in [1.29, 1.82) is 0 Å². The number of hydrogen-bond acceptors (Lipinski definition) is 5. The van der Waals surface area contributed by atoms with Crippen molar-refractivity contribution in [3.63, 3.8) is 0 Å². The van der Waals surface area contributed by atoms with Gasteiger partial charge in [0.15, 0.2) is 0 Å². The topological polar surface area (TPSA) is 70.4 Å². The molecule has 1 aliphatic rings. The highest BCUT2D eigenvalue weighted by atomic mass is 16.6. The molecule has 1 aliphatic heterocycles. The quantitative estimate of drug-likeness (QED) is 0.670. The molecule has 0 bridgehead atoms. The zero-order chi connectivity index (χ0) is 15.5. The van der Waals surface area contributed by atoms with Gasteiger partial charge in [0.05, 0.1) is 16.3 Å². The first-order chi connectivity index (χ1) is 10.6. The molecule has 2 aromatic carbocycles. The van der Waals surface area contributed by atoms with Crippen LogP contribution in [0.15, 0.2) is 60.3 Å². The average Bonchev–Trinajstić information content (AvgIpc) is 2.89. The Morgan fingerprint density at radius 3 is 2.45 bits per heavy atom. The lowest BCUT2D eigenvalue weighted by Gasteiger charge is -2.23. The summed E-state index contributed by atoms with van der Waals surface area (Å²) in [7, 11) is 0. The van der Waals surface area contributed by atoms with Crippen LogP contribution in [-0.4, -0.2) is 16.6 Å². The second-order valence-corrected chi connectivity index (χ2v) is 5.02. The Hall–Kier alpha value is -3.02. The van der Waals surface area contributed by atoms with Gasteiger partial charge in [-0.05, 0) is 19.1 Å². The average molecular weight is 296 g/mol. The number of rotatable bonds is 4. The van der Waals surface area contributed by atoms with Crippen LogP contribution in [0.1, 0.15) is 12.5 Å². The third-order valence-electron chi connectivity index (χ3n) is 3.52. The number of nitrogens with zero attached hydrogens (tertiary/aromatic N) is 2. The van der Waals surface area contributed by atoms with Gasteiger partial charge in [-0.15, -0.1) is 0 Å². The summed E-state index contributed by atoms with van der Waals surface area (Å²) < 4.78 is 0. The number of anilines is 1. The number of hydrogen-bond donors (Lipinski definition) is 2. The van der Waals surface area contributed by atoms with Gasteiger partial charge in [0.25, 0.3) is 5.69 Å². The van der Waals surface area contributed by atoms with E-state index in [2.05, 4.69) is 22.9 Å². The second-order valence-electron chi connectivity index (χ2n) is 5.02. The fourth-order valence-corrected chi connectivity index (χ4v) is 2.44. The summed E-state index contributed by atoms with van der Waals surface area (Å²) in [5, 5.41) is 16.0. The predicted molar refractivity (Wildman–Crippen MR) is 85.6 cm³/mol. The Bertz CT molecular complexity index is 711. The van der Waals surface area contributed by atoms with Crippen molar-refractivity contribution in [2.24, 2.45) is 0 Å². The molecule has 0 amide bonds. The van der Waals surface area contributed by atoms with Crippen molar-refractivity contribution in [3.8, 4) is 0 Å². The molecule has 0 spiro atoms. The van der Waals surface area contributed by atoms with Crippen molar-refractivity contribution < 1.29 is 4.92 Å². The van der Waals surface area contributed by atoms with Crippen molar-refractivity contribution >= 4 is 17.1 Å². The van der Waals surface area contributed by atoms with Crippen molar-refractivity contribution in [3.05, 3.63) is 76.0 Å². The van der Waals surface area contributed by atoms with E-state index in [0.29, 0.717) is 6.67 Å². The third-order valence-corrected chi connectivity index (χ3v) is 3.52. The van der Waals surface area contributed by atoms with Crippen LogP contribution in [0.4, 0.5) is 11.4 Å². The highest BCUT2D eigenvalue weighted by Gasteiger charge is 2.21. The van der Waals surface area contributed by atoms with E-state index in [9.17, 15) is 10.1 Å². The largest absolute Gasteiger partial charge is 0.368 e. The van der Waals surface area contributed by atoms with E-state index in [1.165, 1.54) is 12.1 Å². The van der Waals surface area contributed by atoms with Crippen LogP contribution in [0.3, 0.4) is 0 Å². The monoisotopic (exact) mass is 296 g/mol. The van der Waals surface area contributed by atoms with Crippen LogP contribution in [-0.2, 0) is 0 Å². The first-order valence-corrected chi connectivity index (χ1v) is 6.94. The van der Waals surface area contributed by atoms with Gasteiger partial charge in [0.1, 0.15) is 6.67 Å². The molecule has 0 fully saturated rings. The first kappa shape index (κ1) is 13.9. The van der Waals surface area contributed by atoms with Gasteiger partial charge in [-0.25, -0.2) is 0 Å². The van der Waals surface area contributed by atoms with E-state index in [1.807, 2.05) is 30.1 Å². The summed E-state index contributed by atoms with van der Waals surface area (Å²) in [5.74, 6) is 0. The lowest BCUT2D eigenvalue weighted by molar-refractivity contribution is -0.384. The van der Waals surface area contributed by atoms with Gasteiger partial charge < -0.3 is 5.32 Å². The minimum absolute atomic E-state index is 0.0834. The van der Waals surface area contributed by atoms with Gasteiger partial charge in [-0.1, -0.05) is 30.3 Å². The van der Waals surface area contributed by atoms with Gasteiger partial charge in [0, 0.05) is 23.4 Å². The number of nitro groups is 1. The molecule has 22 heavy (non-hydrogen) atoms. The highest BCUT2D eigenvalue weighted by Crippen LogP contribution is 2.27. The van der Waals surface area contributed by atoms with Crippen molar-refractivity contribution in [2.45, 2.75) is 6.92 Å². The van der Waals surface area contributed by atoms with Gasteiger partial charge in [-0.3, -0.25) is 20.5 Å². The van der Waals surface area contributed by atoms with E-state index >= 15 is 0 Å². The SMILES string of the molecule is CC1=C(c2ccccc2)N(Nc2ccc([N+](=O)[O-])cc2)CN1. The van der Waals surface area contributed by atoms with Gasteiger partial charge in [-0.2, -0.15) is 0 Å². The maximum absolute atomic E-state index is 10.7. The fraction of sp³-hybridized carbons (Fsp3) is 0.125. The van der Waals surface area contributed by atoms with Crippen LogP contribution in [0, 0.1) is 10.1 Å². The van der Waals surface area contributed by atoms with Crippen molar-refractivity contribution in [2.75, 3.05) is 12.1 Å². The molecule has 0 unspecified atom stereocenters. The molecular weight excluding hydrogens is 280 g/mol. The maximum atomic E-state index is 10.7. The molecule has 0 saturated carbocycles. The maximum Gasteiger partial charge on any atom is 0.269 e. The molecule has 1 heterocycles. The van der Waals surface area contributed by atoms with Crippen LogP contribution >= 0.6 is 0 Å². The molecule has 0 saturated heterocycles. The molecule has 3 rings (SSSR count). The second kappa shape index (κ2) is 5.77. The summed E-state index contributed by atoms with van der Waals surface area (Å²) >= 11 is 0. The van der Waals surface area contributed by atoms with Crippen molar-refractivity contribution in [1.82, 2.24) is 10.3 Å². The first-order valence-electron chi connectivity index (χ1n) is 6.94. The Balaban J connectivity index is 1.81. The number of allylic oxidation sites excluding steroid dienone is 1. The molecular formula is C16H16N4O2. The minimum Gasteiger partial charge on any atom is -0.368 e. The molecule has 2 N–H and O–H groups in total. The minimum atomic E-state index is -0.402. The Kier molecular flexibility index (Phi) is 3.65. The predicted octanol–water partition coefficient (Wildman–Crippen LogP) is 3.17. The van der Waals surface area contributed by atoms with Crippen LogP contribution < -0.4 is 10.7 Å². The summed E-state index contributed by atoms with van der Waals surface area (Å²) in [4.78, 5) is 10.3. The lowest BCUT2D eigenvalue weighted by Crippen LogP contribution is -2.29. The Morgan fingerprint density at radius 2 is 1.82 bits per heavy atom. The number of hydrazine groups is 1. The third kappa shape index (κ3) is 2.71. The molecule has 112 valence electrons. The van der Waals surface area contributed by atoms with E-state index in [4.69, 9.17) is 0 Å². The Morgan fingerprint density at radius 1 is 1.14 bits per heavy atom. The summed E-state index contributed by atoms with van der Waals surface area (Å²) in [6.07, 6.45) is 0.